The van der Waals surface area contributed by atoms with Crippen molar-refractivity contribution < 1.29 is 8.42 Å². The normalized spacial score (nSPS) is 15.8. The van der Waals surface area contributed by atoms with E-state index in [0.29, 0.717) is 6.42 Å². The zero-order valence-electron chi connectivity index (χ0n) is 11.4. The Bertz CT molecular complexity index is 274. The zero-order chi connectivity index (χ0) is 13.3. The summed E-state index contributed by atoms with van der Waals surface area (Å²) in [6.07, 6.45) is 6.15. The lowest BCUT2D eigenvalue weighted by Crippen LogP contribution is -2.42. The van der Waals surface area contributed by atoms with E-state index in [0.717, 1.165) is 12.8 Å². The Morgan fingerprint density at radius 2 is 1.82 bits per heavy atom. The molecule has 4 nitrogen and oxygen atoms in total. The number of nitrogens with one attached hydrogen (secondary N) is 1. The molecule has 0 spiro atoms. The summed E-state index contributed by atoms with van der Waals surface area (Å²) in [5.74, 6) is 0. The Morgan fingerprint density at radius 1 is 1.18 bits per heavy atom. The minimum absolute atomic E-state index is 0.0115. The van der Waals surface area contributed by atoms with Gasteiger partial charge in [0.25, 0.3) is 0 Å². The summed E-state index contributed by atoms with van der Waals surface area (Å²) in [6.45, 7) is 6.13. The van der Waals surface area contributed by atoms with Crippen molar-refractivity contribution >= 4 is 10.0 Å². The first kappa shape index (κ1) is 16.9. The first-order valence-corrected chi connectivity index (χ1v) is 8.23. The third-order valence-corrected chi connectivity index (χ3v) is 5.15. The van der Waals surface area contributed by atoms with E-state index in [2.05, 4.69) is 11.6 Å². The fourth-order valence-electron chi connectivity index (χ4n) is 1.83. The van der Waals surface area contributed by atoms with Gasteiger partial charge in [-0.15, -0.1) is 0 Å². The van der Waals surface area contributed by atoms with Crippen molar-refractivity contribution in [3.8, 4) is 0 Å². The molecule has 0 aromatic rings. The fraction of sp³-hybridized carbons (Fsp3) is 1.00. The van der Waals surface area contributed by atoms with E-state index < -0.39 is 15.3 Å². The molecule has 0 aromatic heterocycles. The van der Waals surface area contributed by atoms with E-state index in [1.54, 1.807) is 0 Å². The van der Waals surface area contributed by atoms with E-state index in [4.69, 9.17) is 5.73 Å². The molecule has 0 aliphatic heterocycles. The number of hydrogen-bond acceptors (Lipinski definition) is 3. The Kier molecular flexibility index (Phi) is 8.82. The second kappa shape index (κ2) is 8.89. The summed E-state index contributed by atoms with van der Waals surface area (Å²) in [4.78, 5) is 0. The van der Waals surface area contributed by atoms with Gasteiger partial charge in [-0.2, -0.15) is 0 Å². The van der Waals surface area contributed by atoms with Crippen LogP contribution in [0.5, 0.6) is 0 Å². The van der Waals surface area contributed by atoms with Gasteiger partial charge in [0.1, 0.15) is 0 Å². The maximum absolute atomic E-state index is 11.9. The van der Waals surface area contributed by atoms with E-state index >= 15 is 0 Å². The standard InChI is InChI=1S/C12H28N2O2S/c1-4-6-7-8-9-11(3)14-17(15,16)12(5-2)10-13/h11-12,14H,4-10,13H2,1-3H3. The Morgan fingerprint density at radius 3 is 2.29 bits per heavy atom. The topological polar surface area (TPSA) is 72.2 Å². The molecule has 0 aliphatic carbocycles. The smallest absolute Gasteiger partial charge is 0.215 e. The highest BCUT2D eigenvalue weighted by molar-refractivity contribution is 7.90. The molecule has 0 radical (unpaired) electrons. The van der Waals surface area contributed by atoms with Gasteiger partial charge in [-0.1, -0.05) is 39.5 Å². The molecule has 0 saturated heterocycles. The van der Waals surface area contributed by atoms with Crippen molar-refractivity contribution in [2.24, 2.45) is 5.73 Å². The number of rotatable bonds is 10. The molecule has 0 fully saturated rings. The highest BCUT2D eigenvalue weighted by Gasteiger charge is 2.23. The molecule has 2 atom stereocenters. The van der Waals surface area contributed by atoms with Gasteiger partial charge in [0.2, 0.25) is 10.0 Å². The van der Waals surface area contributed by atoms with Crippen molar-refractivity contribution in [1.29, 1.82) is 0 Å². The summed E-state index contributed by atoms with van der Waals surface area (Å²) in [7, 11) is -3.24. The molecular formula is C12H28N2O2S. The number of unbranched alkanes of at least 4 members (excludes halogenated alkanes) is 3. The zero-order valence-corrected chi connectivity index (χ0v) is 12.2. The minimum Gasteiger partial charge on any atom is -0.329 e. The van der Waals surface area contributed by atoms with Crippen LogP contribution in [0.3, 0.4) is 0 Å². The summed E-state index contributed by atoms with van der Waals surface area (Å²) in [6, 6.07) is 0.0115. The first-order chi connectivity index (χ1) is 7.97. The number of nitrogens with two attached hydrogens (primary N) is 1. The molecule has 0 aliphatic rings. The van der Waals surface area contributed by atoms with Gasteiger partial charge in [0.05, 0.1) is 5.25 Å². The summed E-state index contributed by atoms with van der Waals surface area (Å²) >= 11 is 0. The molecular weight excluding hydrogens is 236 g/mol. The van der Waals surface area contributed by atoms with E-state index in [1.165, 1.54) is 19.3 Å². The quantitative estimate of drug-likeness (QED) is 0.593. The molecule has 104 valence electrons. The fourth-order valence-corrected chi connectivity index (χ4v) is 3.39. The SMILES string of the molecule is CCCCCCC(C)NS(=O)(=O)C(CC)CN. The van der Waals surface area contributed by atoms with E-state index in [1.807, 2.05) is 13.8 Å². The minimum atomic E-state index is -3.24. The van der Waals surface area contributed by atoms with Gasteiger partial charge >= 0.3 is 0 Å². The van der Waals surface area contributed by atoms with Crippen LogP contribution in [-0.2, 0) is 10.0 Å². The third kappa shape index (κ3) is 7.01. The van der Waals surface area contributed by atoms with Crippen LogP contribution in [0, 0.1) is 0 Å². The maximum atomic E-state index is 11.9. The summed E-state index contributed by atoms with van der Waals surface area (Å²) in [5.41, 5.74) is 5.47. The van der Waals surface area contributed by atoms with Crippen LogP contribution in [0.15, 0.2) is 0 Å². The van der Waals surface area contributed by atoms with Crippen LogP contribution < -0.4 is 10.5 Å². The van der Waals surface area contributed by atoms with E-state index in [9.17, 15) is 8.42 Å². The maximum Gasteiger partial charge on any atom is 0.215 e. The predicted octanol–water partition coefficient (Wildman–Crippen LogP) is 2.00. The average molecular weight is 264 g/mol. The van der Waals surface area contributed by atoms with Crippen LogP contribution in [0.2, 0.25) is 0 Å². The van der Waals surface area contributed by atoms with Gasteiger partial charge in [-0.05, 0) is 19.8 Å². The van der Waals surface area contributed by atoms with Crippen molar-refractivity contribution in [3.63, 3.8) is 0 Å². The summed E-state index contributed by atoms with van der Waals surface area (Å²) < 4.78 is 26.5. The lowest BCUT2D eigenvalue weighted by Gasteiger charge is -2.19. The van der Waals surface area contributed by atoms with Gasteiger partial charge < -0.3 is 5.73 Å². The Labute approximate surface area is 106 Å². The molecule has 5 heteroatoms. The first-order valence-electron chi connectivity index (χ1n) is 6.69. The average Bonchev–Trinajstić information content (AvgIpc) is 2.25. The Balaban J connectivity index is 4.05. The van der Waals surface area contributed by atoms with Gasteiger partial charge in [-0.3, -0.25) is 0 Å². The van der Waals surface area contributed by atoms with Gasteiger partial charge in [0, 0.05) is 12.6 Å². The molecule has 0 saturated carbocycles. The summed E-state index contributed by atoms with van der Waals surface area (Å²) in [5, 5.41) is -0.458. The Hall–Kier alpha value is -0.130. The molecule has 17 heavy (non-hydrogen) atoms. The molecule has 0 amide bonds. The second-order valence-electron chi connectivity index (χ2n) is 4.68. The lowest BCUT2D eigenvalue weighted by atomic mass is 10.1. The molecule has 0 rings (SSSR count). The van der Waals surface area contributed by atoms with Gasteiger partial charge in [-0.25, -0.2) is 13.1 Å². The van der Waals surface area contributed by atoms with Crippen molar-refractivity contribution in [1.82, 2.24) is 4.72 Å². The predicted molar refractivity (Wildman–Crippen MR) is 73.4 cm³/mol. The lowest BCUT2D eigenvalue weighted by molar-refractivity contribution is 0.512. The molecule has 0 heterocycles. The number of hydrogen-bond donors (Lipinski definition) is 2. The molecule has 3 N–H and O–H groups in total. The van der Waals surface area contributed by atoms with Crippen LogP contribution in [0.4, 0.5) is 0 Å². The third-order valence-electron chi connectivity index (χ3n) is 3.01. The second-order valence-corrected chi connectivity index (χ2v) is 6.67. The van der Waals surface area contributed by atoms with Gasteiger partial charge in [0.15, 0.2) is 0 Å². The molecule has 0 aromatic carbocycles. The highest BCUT2D eigenvalue weighted by Crippen LogP contribution is 2.09. The van der Waals surface area contributed by atoms with Crippen molar-refractivity contribution in [3.05, 3.63) is 0 Å². The van der Waals surface area contributed by atoms with Crippen molar-refractivity contribution in [2.75, 3.05) is 6.54 Å². The molecule has 0 bridgehead atoms. The largest absolute Gasteiger partial charge is 0.329 e. The van der Waals surface area contributed by atoms with Crippen molar-refractivity contribution in [2.45, 2.75) is 70.6 Å². The van der Waals surface area contributed by atoms with Crippen LogP contribution in [0.25, 0.3) is 0 Å². The molecule has 2 unspecified atom stereocenters. The number of sulfonamides is 1. The highest BCUT2D eigenvalue weighted by atomic mass is 32.2. The monoisotopic (exact) mass is 264 g/mol. The van der Waals surface area contributed by atoms with Crippen LogP contribution >= 0.6 is 0 Å². The van der Waals surface area contributed by atoms with Crippen LogP contribution in [0.1, 0.15) is 59.3 Å². The van der Waals surface area contributed by atoms with E-state index in [-0.39, 0.29) is 12.6 Å². The van der Waals surface area contributed by atoms with Crippen LogP contribution in [-0.4, -0.2) is 26.3 Å².